The summed E-state index contributed by atoms with van der Waals surface area (Å²) in [4.78, 5) is 38.7. The summed E-state index contributed by atoms with van der Waals surface area (Å²) in [6.45, 7) is 0.496. The van der Waals surface area contributed by atoms with Gasteiger partial charge in [-0.3, -0.25) is 24.7 Å². The van der Waals surface area contributed by atoms with Crippen molar-refractivity contribution in [3.63, 3.8) is 0 Å². The van der Waals surface area contributed by atoms with Gasteiger partial charge in [0.25, 0.3) is 11.6 Å². The van der Waals surface area contributed by atoms with Gasteiger partial charge < -0.3 is 27.3 Å². The maximum absolute atomic E-state index is 12.6. The smallest absolute Gasteiger partial charge is 0.272 e. The van der Waals surface area contributed by atoms with Gasteiger partial charge in [0.1, 0.15) is 11.8 Å². The number of carbonyl (C=O) groups is 2. The highest BCUT2D eigenvalue weighted by molar-refractivity contribution is 5.97. The number of amides is 2. The first-order valence-electron chi connectivity index (χ1n) is 9.88. The van der Waals surface area contributed by atoms with Crippen LogP contribution in [0.2, 0.25) is 0 Å². The quantitative estimate of drug-likeness (QED) is 0.123. The van der Waals surface area contributed by atoms with E-state index in [-0.39, 0.29) is 30.2 Å². The van der Waals surface area contributed by atoms with E-state index in [4.69, 9.17) is 21.9 Å². The van der Waals surface area contributed by atoms with Crippen LogP contribution in [-0.2, 0) is 11.2 Å². The largest absolute Gasteiger partial charge is 0.493 e. The Morgan fingerprint density at radius 3 is 2.56 bits per heavy atom. The van der Waals surface area contributed by atoms with Crippen LogP contribution in [0.15, 0.2) is 53.5 Å². The molecule has 0 bridgehead atoms. The van der Waals surface area contributed by atoms with Crippen molar-refractivity contribution in [2.24, 2.45) is 22.2 Å². The van der Waals surface area contributed by atoms with Crippen molar-refractivity contribution in [2.45, 2.75) is 25.3 Å². The van der Waals surface area contributed by atoms with Crippen LogP contribution < -0.4 is 27.3 Å². The molecule has 0 aliphatic rings. The number of nitrogens with zero attached hydrogens (tertiary/aromatic N) is 2. The monoisotopic (exact) mass is 442 g/mol. The summed E-state index contributed by atoms with van der Waals surface area (Å²) in [7, 11) is 0. The second-order valence-electron chi connectivity index (χ2n) is 6.89. The van der Waals surface area contributed by atoms with Crippen LogP contribution in [0.1, 0.15) is 28.8 Å². The van der Waals surface area contributed by atoms with Gasteiger partial charge in [0.15, 0.2) is 5.96 Å². The number of para-hydroxylation sites is 1. The number of nitrogens with one attached hydrogen (secondary N) is 1. The van der Waals surface area contributed by atoms with Crippen LogP contribution in [0.25, 0.3) is 0 Å². The summed E-state index contributed by atoms with van der Waals surface area (Å²) in [6, 6.07) is 11.9. The van der Waals surface area contributed by atoms with E-state index in [1.54, 1.807) is 36.4 Å². The fraction of sp³-hybridized carbons (Fsp3) is 0.286. The number of nitro benzene ring substituents is 1. The molecule has 11 heteroatoms. The number of nitrogens with two attached hydrogens (primary N) is 3. The van der Waals surface area contributed by atoms with E-state index in [1.165, 1.54) is 12.1 Å². The lowest BCUT2D eigenvalue weighted by molar-refractivity contribution is -0.385. The number of nitro groups is 1. The van der Waals surface area contributed by atoms with Gasteiger partial charge >= 0.3 is 0 Å². The molecule has 32 heavy (non-hydrogen) atoms. The molecule has 1 atom stereocenters. The summed E-state index contributed by atoms with van der Waals surface area (Å²) in [5, 5.41) is 13.7. The fourth-order valence-electron chi connectivity index (χ4n) is 2.94. The van der Waals surface area contributed by atoms with E-state index < -0.39 is 22.8 Å². The number of hydrogen-bond donors (Lipinski definition) is 4. The predicted molar refractivity (Wildman–Crippen MR) is 119 cm³/mol. The second kappa shape index (κ2) is 11.9. The molecule has 0 radical (unpaired) electrons. The Labute approximate surface area is 184 Å². The average molecular weight is 442 g/mol. The molecule has 0 saturated heterocycles. The lowest BCUT2D eigenvalue weighted by Gasteiger charge is -2.15. The Kier molecular flexibility index (Phi) is 8.96. The van der Waals surface area contributed by atoms with Crippen LogP contribution in [0.4, 0.5) is 5.69 Å². The fourth-order valence-corrected chi connectivity index (χ4v) is 2.94. The highest BCUT2D eigenvalue weighted by Crippen LogP contribution is 2.19. The molecule has 11 nitrogen and oxygen atoms in total. The maximum Gasteiger partial charge on any atom is 0.272 e. The number of guanidine groups is 1. The van der Waals surface area contributed by atoms with Gasteiger partial charge in [-0.1, -0.05) is 24.3 Å². The maximum atomic E-state index is 12.6. The number of aliphatic imine (C=N–C) groups is 1. The highest BCUT2D eigenvalue weighted by Gasteiger charge is 2.19. The zero-order valence-electron chi connectivity index (χ0n) is 17.4. The molecule has 2 rings (SSSR count). The summed E-state index contributed by atoms with van der Waals surface area (Å²) in [6.07, 6.45) is 1.07. The molecule has 0 heterocycles. The first-order valence-corrected chi connectivity index (χ1v) is 9.88. The standard InChI is InChI=1S/C21H26N6O5/c22-19(28)17(8-4-11-25-21(23)24)26-20(29)15-6-3-7-16(13-15)32-12-10-14-5-1-2-9-18(14)27(30)31/h1-3,5-7,9,13,17H,4,8,10-12H2,(H2,22,28)(H,26,29)(H4,23,24,25)/t17-/m0/s1. The van der Waals surface area contributed by atoms with Crippen LogP contribution >= 0.6 is 0 Å². The van der Waals surface area contributed by atoms with Gasteiger partial charge in [-0.25, -0.2) is 0 Å². The minimum atomic E-state index is -0.875. The lowest BCUT2D eigenvalue weighted by atomic mass is 10.1. The van der Waals surface area contributed by atoms with Gasteiger partial charge in [-0.05, 0) is 31.0 Å². The van der Waals surface area contributed by atoms with E-state index >= 15 is 0 Å². The number of rotatable bonds is 12. The molecular formula is C21H26N6O5. The number of ether oxygens (including phenoxy) is 1. The summed E-state index contributed by atoms with van der Waals surface area (Å²) in [5.74, 6) is -0.789. The highest BCUT2D eigenvalue weighted by atomic mass is 16.6. The molecular weight excluding hydrogens is 416 g/mol. The lowest BCUT2D eigenvalue weighted by Crippen LogP contribution is -2.44. The molecule has 0 aromatic heterocycles. The first-order chi connectivity index (χ1) is 15.3. The van der Waals surface area contributed by atoms with E-state index in [1.807, 2.05) is 0 Å². The third kappa shape index (κ3) is 7.59. The Hall–Kier alpha value is -4.15. The van der Waals surface area contributed by atoms with Gasteiger partial charge in [0, 0.05) is 30.2 Å². The number of benzene rings is 2. The van der Waals surface area contributed by atoms with Crippen molar-refractivity contribution in [3.8, 4) is 5.75 Å². The minimum absolute atomic E-state index is 0.0292. The Balaban J connectivity index is 1.94. The molecule has 7 N–H and O–H groups in total. The van der Waals surface area contributed by atoms with E-state index in [9.17, 15) is 19.7 Å². The van der Waals surface area contributed by atoms with Gasteiger partial charge in [0.2, 0.25) is 5.91 Å². The number of hydrogen-bond acceptors (Lipinski definition) is 6. The van der Waals surface area contributed by atoms with E-state index in [2.05, 4.69) is 10.3 Å². The third-order valence-electron chi connectivity index (χ3n) is 4.52. The molecule has 0 fully saturated rings. The summed E-state index contributed by atoms with van der Waals surface area (Å²) < 4.78 is 5.66. The first kappa shape index (κ1) is 24.1. The minimum Gasteiger partial charge on any atom is -0.493 e. The van der Waals surface area contributed by atoms with Crippen LogP contribution in [-0.4, -0.2) is 41.9 Å². The van der Waals surface area contributed by atoms with Crippen molar-refractivity contribution in [1.82, 2.24) is 5.32 Å². The molecule has 0 aliphatic carbocycles. The molecule has 2 aromatic rings. The Bertz CT molecular complexity index is 990. The molecule has 2 aromatic carbocycles. The second-order valence-corrected chi connectivity index (χ2v) is 6.89. The molecule has 0 unspecified atom stereocenters. The summed E-state index contributed by atoms with van der Waals surface area (Å²) >= 11 is 0. The van der Waals surface area contributed by atoms with Crippen molar-refractivity contribution in [2.75, 3.05) is 13.2 Å². The van der Waals surface area contributed by atoms with Gasteiger partial charge in [-0.15, -0.1) is 0 Å². The zero-order valence-corrected chi connectivity index (χ0v) is 17.4. The molecule has 0 aliphatic heterocycles. The van der Waals surface area contributed by atoms with Crippen LogP contribution in [0.5, 0.6) is 5.75 Å². The average Bonchev–Trinajstić information content (AvgIpc) is 2.75. The Morgan fingerprint density at radius 2 is 1.88 bits per heavy atom. The SMILES string of the molecule is NC(=O)[C@H](CCCN=C(N)N)NC(=O)c1cccc(OCCc2ccccc2[N+](=O)[O-])c1. The summed E-state index contributed by atoms with van der Waals surface area (Å²) in [5.41, 5.74) is 16.7. The van der Waals surface area contributed by atoms with Crippen molar-refractivity contribution >= 4 is 23.5 Å². The zero-order chi connectivity index (χ0) is 23.5. The van der Waals surface area contributed by atoms with Gasteiger partial charge in [0.05, 0.1) is 11.5 Å². The van der Waals surface area contributed by atoms with E-state index in [0.717, 1.165) is 0 Å². The molecule has 2 amide bonds. The topological polar surface area (TPSA) is 189 Å². The normalized spacial score (nSPS) is 11.2. The van der Waals surface area contributed by atoms with Gasteiger partial charge in [-0.2, -0.15) is 0 Å². The van der Waals surface area contributed by atoms with Crippen LogP contribution in [0.3, 0.4) is 0 Å². The molecule has 0 saturated carbocycles. The Morgan fingerprint density at radius 1 is 1.12 bits per heavy atom. The number of primary amides is 1. The van der Waals surface area contributed by atoms with Crippen molar-refractivity contribution in [3.05, 3.63) is 69.8 Å². The molecule has 0 spiro atoms. The third-order valence-corrected chi connectivity index (χ3v) is 4.52. The number of carbonyl (C=O) groups excluding carboxylic acids is 2. The van der Waals surface area contributed by atoms with Crippen LogP contribution in [0, 0.1) is 10.1 Å². The molecule has 170 valence electrons. The predicted octanol–water partition coefficient (Wildman–Crippen LogP) is 0.854. The van der Waals surface area contributed by atoms with E-state index in [0.29, 0.717) is 30.7 Å². The van der Waals surface area contributed by atoms with Crippen molar-refractivity contribution < 1.29 is 19.2 Å². The van der Waals surface area contributed by atoms with Crippen molar-refractivity contribution in [1.29, 1.82) is 0 Å².